The van der Waals surface area contributed by atoms with Crippen LogP contribution in [0.25, 0.3) is 86.9 Å². The summed E-state index contributed by atoms with van der Waals surface area (Å²) in [5.41, 5.74) is 50.5. The van der Waals surface area contributed by atoms with Crippen LogP contribution in [0.1, 0.15) is 329 Å². The molecule has 0 heteroatoms. The molecule has 0 saturated carbocycles. The smallest absolute Gasteiger partial charge is 0.0215 e. The molecule has 0 radical (unpaired) electrons. The summed E-state index contributed by atoms with van der Waals surface area (Å²) in [5, 5.41) is 16.3. The van der Waals surface area contributed by atoms with E-state index in [0.717, 1.165) is 19.3 Å². The molecule has 0 atom stereocenters. The summed E-state index contributed by atoms with van der Waals surface area (Å²) in [5.74, 6) is 0. The van der Waals surface area contributed by atoms with Crippen LogP contribution >= 0.6 is 0 Å². The van der Waals surface area contributed by atoms with Crippen molar-refractivity contribution >= 4 is 64.6 Å². The molecule has 0 unspecified atom stereocenters. The molecule has 0 spiro atoms. The van der Waals surface area contributed by atoms with E-state index in [4.69, 9.17) is 0 Å². The topological polar surface area (TPSA) is 0 Å². The lowest BCUT2D eigenvalue weighted by Crippen LogP contribution is -2.26. The number of benzene rings is 18. The molecule has 0 N–H and O–H groups in total. The Labute approximate surface area is 881 Å². The van der Waals surface area contributed by atoms with E-state index in [1.807, 2.05) is 0 Å². The first-order valence-corrected chi connectivity index (χ1v) is 55.8. The zero-order chi connectivity index (χ0) is 104. The molecule has 0 aromatic heterocycles. The van der Waals surface area contributed by atoms with Crippen molar-refractivity contribution < 1.29 is 0 Å². The maximum atomic E-state index is 2.54. The second-order valence-electron chi connectivity index (χ2n) is 44.2. The number of unbranched alkanes of at least 4 members (excludes halogenated alkanes) is 12. The summed E-state index contributed by atoms with van der Waals surface area (Å²) in [7, 11) is 0. The fourth-order valence-electron chi connectivity index (χ4n) is 23.1. The van der Waals surface area contributed by atoms with Crippen LogP contribution in [0.4, 0.5) is 0 Å². The summed E-state index contributed by atoms with van der Waals surface area (Å²) in [6.07, 6.45) is 29.9. The van der Waals surface area contributed by atoms with Crippen molar-refractivity contribution in [1.29, 1.82) is 0 Å². The number of aryl methyl sites for hydroxylation is 20. The third-order valence-corrected chi connectivity index (χ3v) is 33.0. The van der Waals surface area contributed by atoms with Crippen LogP contribution in [0.2, 0.25) is 0 Å². The summed E-state index contributed by atoms with van der Waals surface area (Å²) >= 11 is 0. The highest BCUT2D eigenvalue weighted by molar-refractivity contribution is 6.12. The third-order valence-electron chi connectivity index (χ3n) is 33.0. The largest absolute Gasteiger partial charge is 0.0654 e. The second kappa shape index (κ2) is 50.8. The Balaban J connectivity index is 0.000000136. The minimum Gasteiger partial charge on any atom is -0.0654 e. The molecule has 0 nitrogen and oxygen atoms in total. The van der Waals surface area contributed by atoms with Gasteiger partial charge in [-0.05, 0) is 416 Å². The van der Waals surface area contributed by atoms with Crippen molar-refractivity contribution in [3.05, 3.63) is 470 Å². The van der Waals surface area contributed by atoms with Gasteiger partial charge in [-0.3, -0.25) is 0 Å². The lowest BCUT2D eigenvalue weighted by molar-refractivity contribution is 0.400. The first-order valence-electron chi connectivity index (χ1n) is 55.8. The molecule has 0 aliphatic heterocycles. The van der Waals surface area contributed by atoms with Crippen LogP contribution in [-0.2, 0) is 30.1 Å². The van der Waals surface area contributed by atoms with Gasteiger partial charge in [-0.1, -0.05) is 461 Å². The van der Waals surface area contributed by atoms with E-state index >= 15 is 0 Å². The Morgan fingerprint density at radius 3 is 1.16 bits per heavy atom. The molecule has 0 heterocycles. The van der Waals surface area contributed by atoms with Crippen molar-refractivity contribution in [2.75, 3.05) is 0 Å². The molecule has 754 valence electrons. The maximum absolute atomic E-state index is 2.54. The normalized spacial score (nSPS) is 12.2. The van der Waals surface area contributed by atoms with Crippen LogP contribution in [0, 0.1) is 145 Å². The van der Waals surface area contributed by atoms with E-state index in [9.17, 15) is 0 Å². The predicted octanol–water partition coefficient (Wildman–Crippen LogP) is 42.4. The van der Waals surface area contributed by atoms with Gasteiger partial charge < -0.3 is 0 Å². The zero-order valence-corrected chi connectivity index (χ0v) is 94.1. The highest BCUT2D eigenvalue weighted by atomic mass is 14.5. The molecule has 0 amide bonds. The quantitative estimate of drug-likeness (QED) is 0.0374. The SMILES string of the molecule is CCCCCCC1(CCCCCC)c2cc(C)ccc2-c2cc(C)c(C)cc21.CCCCCCC1(CCCCCC)c2ccc(C)cc2-c2cc(C)c(C)cc21.Cc1ccc2c(c1)c(C)c(C)c1ccccc12.Cc1ccc2c(ccc3c(C)c(C)ccc32)c1.Cc1ccc2ccc3cc(C)c(C)cc3c2c1.Cc1cccc(Cc2ccc(C)c(C)c2)c1.Cc1ccccc1Cc1ccc(Cc2cccc(C)c2C)cc1. The van der Waals surface area contributed by atoms with Crippen molar-refractivity contribution in [2.45, 2.75) is 332 Å². The van der Waals surface area contributed by atoms with E-state index in [2.05, 4.69) is 470 Å². The maximum Gasteiger partial charge on any atom is 0.0215 e. The summed E-state index contributed by atoms with van der Waals surface area (Å²) < 4.78 is 0. The number of rotatable bonds is 26. The molecule has 0 saturated heterocycles. The monoisotopic (exact) mass is 1920 g/mol. The van der Waals surface area contributed by atoms with Gasteiger partial charge in [-0.2, -0.15) is 0 Å². The molecule has 18 aromatic carbocycles. The standard InChI is InChI=1S/2C28H40.C23H24.3C17H16.C16H18/c1-6-8-10-12-16-28(17-13-11-9-7-2)26-15-14-21(3)18-24(26)25-19-22(4)23(5)20-27(25)28;1-6-8-10-12-16-28(17-13-11-9-7-2)26-18-21(3)14-15-24(26)25-19-22(4)23(5)20-27(25)28;1-17-8-6-10-23(19(17)3)16-21-13-11-20(12-14-21)15-22-9-5-4-7-18(22)2;1-11-4-7-16-14(10-11)6-9-15-13(3)12(2)5-8-17(15)16;1-11-4-5-14-6-7-15-9-12(2)13(3)10-17(15)16(14)8-11;1-11-8-9-16-15-7-5-4-6-14(15)12(2)13(3)17(16)10-11;1-12-5-4-6-15(9-12)11-16-8-7-13(2)14(3)10-16/h2*14-15,18-20H,6-13,16-17H2,1-5H3;4-14H,15-16H2,1-3H3;3*4-10H,1-3H3;4-10H,11H2,1-3H3. The van der Waals surface area contributed by atoms with Crippen molar-refractivity contribution in [1.82, 2.24) is 0 Å². The van der Waals surface area contributed by atoms with Crippen LogP contribution in [0.15, 0.2) is 297 Å². The molecule has 146 heavy (non-hydrogen) atoms. The van der Waals surface area contributed by atoms with Gasteiger partial charge in [0.15, 0.2) is 0 Å². The zero-order valence-electron chi connectivity index (χ0n) is 94.1. The predicted molar refractivity (Wildman–Crippen MR) is 645 cm³/mol. The first-order chi connectivity index (χ1) is 70.3. The van der Waals surface area contributed by atoms with Crippen molar-refractivity contribution in [3.63, 3.8) is 0 Å². The van der Waals surface area contributed by atoms with Gasteiger partial charge in [0.2, 0.25) is 0 Å². The Bertz CT molecular complexity index is 7530. The molecular weight excluding hydrogens is 1750 g/mol. The van der Waals surface area contributed by atoms with Gasteiger partial charge in [0.25, 0.3) is 0 Å². The number of hydrogen-bond donors (Lipinski definition) is 0. The van der Waals surface area contributed by atoms with E-state index < -0.39 is 0 Å². The Morgan fingerprint density at radius 2 is 0.541 bits per heavy atom. The van der Waals surface area contributed by atoms with Crippen molar-refractivity contribution in [2.24, 2.45) is 0 Å². The van der Waals surface area contributed by atoms with E-state index in [1.165, 1.54) is 366 Å². The first kappa shape index (κ1) is 109. The Morgan fingerprint density at radius 1 is 0.164 bits per heavy atom. The highest BCUT2D eigenvalue weighted by Crippen LogP contribution is 2.57. The molecule has 0 fully saturated rings. The van der Waals surface area contributed by atoms with Crippen LogP contribution in [0.5, 0.6) is 0 Å². The highest BCUT2D eigenvalue weighted by Gasteiger charge is 2.44. The Kier molecular flexibility index (Phi) is 38.0. The van der Waals surface area contributed by atoms with Crippen LogP contribution in [-0.4, -0.2) is 0 Å². The van der Waals surface area contributed by atoms with Crippen LogP contribution in [0.3, 0.4) is 0 Å². The summed E-state index contributed by atoms with van der Waals surface area (Å²) in [6.45, 7) is 55.6. The van der Waals surface area contributed by atoms with Gasteiger partial charge in [0.1, 0.15) is 0 Å². The fourth-order valence-corrected chi connectivity index (χ4v) is 23.1. The Hall–Kier alpha value is -12.5. The summed E-state index contributed by atoms with van der Waals surface area (Å²) in [4.78, 5) is 0. The van der Waals surface area contributed by atoms with Gasteiger partial charge >= 0.3 is 0 Å². The molecule has 2 aliphatic carbocycles. The average molecular weight is 1920 g/mol. The number of fused-ring (bicyclic) bond motifs is 15. The summed E-state index contributed by atoms with van der Waals surface area (Å²) in [6, 6.07) is 111. The van der Waals surface area contributed by atoms with Gasteiger partial charge in [0, 0.05) is 10.8 Å². The van der Waals surface area contributed by atoms with Gasteiger partial charge in [-0.25, -0.2) is 0 Å². The van der Waals surface area contributed by atoms with Gasteiger partial charge in [0.05, 0.1) is 0 Å². The second-order valence-corrected chi connectivity index (χ2v) is 44.2. The van der Waals surface area contributed by atoms with Crippen LogP contribution < -0.4 is 0 Å². The molecule has 2 aliphatic rings. The lowest BCUT2D eigenvalue weighted by Gasteiger charge is -2.33. The van der Waals surface area contributed by atoms with E-state index in [1.54, 1.807) is 22.3 Å². The average Bonchev–Trinajstić information content (AvgIpc) is 1.56. The van der Waals surface area contributed by atoms with E-state index in [0.29, 0.717) is 0 Å². The molecular formula is C146H170. The fraction of sp³-hybridized carbons (Fsp3) is 0.342. The minimum absolute atomic E-state index is 0.233. The number of hydrogen-bond acceptors (Lipinski definition) is 0. The lowest BCUT2D eigenvalue weighted by atomic mass is 9.70. The minimum atomic E-state index is 0.233. The van der Waals surface area contributed by atoms with E-state index in [-0.39, 0.29) is 10.8 Å². The molecule has 20 rings (SSSR count). The van der Waals surface area contributed by atoms with Crippen molar-refractivity contribution in [3.8, 4) is 22.3 Å². The van der Waals surface area contributed by atoms with Gasteiger partial charge in [-0.15, -0.1) is 0 Å². The molecule has 0 bridgehead atoms. The molecule has 18 aromatic rings. The third kappa shape index (κ3) is 26.2.